The van der Waals surface area contributed by atoms with Crippen molar-refractivity contribution in [3.8, 4) is 0 Å². The number of carboxylic acids is 1. The summed E-state index contributed by atoms with van der Waals surface area (Å²) in [5, 5.41) is 11.9. The van der Waals surface area contributed by atoms with Crippen molar-refractivity contribution in [1.29, 1.82) is 0 Å². The molecule has 1 fully saturated rings. The lowest BCUT2D eigenvalue weighted by Crippen LogP contribution is -2.18. The Labute approximate surface area is 110 Å². The molecule has 19 heavy (non-hydrogen) atoms. The van der Waals surface area contributed by atoms with Crippen LogP contribution in [0.15, 0.2) is 12.1 Å². The Morgan fingerprint density at radius 2 is 2.11 bits per heavy atom. The molecule has 1 aromatic rings. The summed E-state index contributed by atoms with van der Waals surface area (Å²) in [7, 11) is 0. The molecule has 0 aliphatic carbocycles. The standard InChI is InChI=1S/C14H17F2NO2/c1-7(2)8-3-10(13(16)11(15)4-8)12-5-9(6-17-12)14(18)19/h3-4,7,9,12,17H,5-6H2,1-2H3,(H,18,19). The van der Waals surface area contributed by atoms with Gasteiger partial charge in [0, 0.05) is 18.2 Å². The van der Waals surface area contributed by atoms with Gasteiger partial charge in [0.2, 0.25) is 0 Å². The molecule has 1 aliphatic heterocycles. The molecule has 0 aromatic heterocycles. The zero-order chi connectivity index (χ0) is 14.2. The minimum absolute atomic E-state index is 0.0884. The molecular formula is C14H17F2NO2. The summed E-state index contributed by atoms with van der Waals surface area (Å²) in [4.78, 5) is 10.9. The van der Waals surface area contributed by atoms with Gasteiger partial charge in [-0.15, -0.1) is 0 Å². The van der Waals surface area contributed by atoms with Gasteiger partial charge in [0.05, 0.1) is 5.92 Å². The molecule has 0 spiro atoms. The number of carbonyl (C=O) groups is 1. The Kier molecular flexibility index (Phi) is 3.85. The molecular weight excluding hydrogens is 252 g/mol. The topological polar surface area (TPSA) is 49.3 Å². The second kappa shape index (κ2) is 5.25. The van der Waals surface area contributed by atoms with Crippen molar-refractivity contribution < 1.29 is 18.7 Å². The van der Waals surface area contributed by atoms with Crippen LogP contribution in [0.2, 0.25) is 0 Å². The molecule has 0 amide bonds. The first kappa shape index (κ1) is 13.9. The van der Waals surface area contributed by atoms with Crippen molar-refractivity contribution in [3.05, 3.63) is 34.9 Å². The lowest BCUT2D eigenvalue weighted by Gasteiger charge is -2.15. The summed E-state index contributed by atoms with van der Waals surface area (Å²) in [5.41, 5.74) is 0.946. The predicted octanol–water partition coefficient (Wildman–Crippen LogP) is 2.82. The molecule has 0 bridgehead atoms. The predicted molar refractivity (Wildman–Crippen MR) is 66.9 cm³/mol. The zero-order valence-corrected chi connectivity index (χ0v) is 10.9. The highest BCUT2D eigenvalue weighted by molar-refractivity contribution is 5.70. The Bertz CT molecular complexity index is 502. The Morgan fingerprint density at radius 3 is 2.63 bits per heavy atom. The molecule has 1 aromatic carbocycles. The van der Waals surface area contributed by atoms with Gasteiger partial charge >= 0.3 is 5.97 Å². The van der Waals surface area contributed by atoms with E-state index in [0.717, 1.165) is 5.56 Å². The minimum atomic E-state index is -0.907. The van der Waals surface area contributed by atoms with Gasteiger partial charge < -0.3 is 10.4 Å². The maximum atomic E-state index is 13.9. The summed E-state index contributed by atoms with van der Waals surface area (Å²) >= 11 is 0. The van der Waals surface area contributed by atoms with E-state index in [1.54, 1.807) is 6.07 Å². The maximum Gasteiger partial charge on any atom is 0.307 e. The fourth-order valence-electron chi connectivity index (χ4n) is 2.38. The van der Waals surface area contributed by atoms with E-state index in [4.69, 9.17) is 5.11 Å². The lowest BCUT2D eigenvalue weighted by atomic mass is 9.94. The lowest BCUT2D eigenvalue weighted by molar-refractivity contribution is -0.141. The SMILES string of the molecule is CC(C)c1cc(F)c(F)c(C2CC(C(=O)O)CN2)c1. The van der Waals surface area contributed by atoms with Gasteiger partial charge in [-0.05, 0) is 24.0 Å². The highest BCUT2D eigenvalue weighted by Crippen LogP contribution is 2.32. The Morgan fingerprint density at radius 1 is 1.42 bits per heavy atom. The number of carboxylic acid groups (broad SMARTS) is 1. The summed E-state index contributed by atoms with van der Waals surface area (Å²) in [6.07, 6.45) is 0.285. The average Bonchev–Trinajstić information content (AvgIpc) is 2.81. The van der Waals surface area contributed by atoms with Crippen molar-refractivity contribution in [2.45, 2.75) is 32.2 Å². The monoisotopic (exact) mass is 269 g/mol. The van der Waals surface area contributed by atoms with E-state index < -0.39 is 29.6 Å². The van der Waals surface area contributed by atoms with Gasteiger partial charge in [0.15, 0.2) is 11.6 Å². The molecule has 1 saturated heterocycles. The molecule has 0 radical (unpaired) electrons. The van der Waals surface area contributed by atoms with Gasteiger partial charge in [-0.1, -0.05) is 19.9 Å². The number of halogens is 2. The average molecular weight is 269 g/mol. The summed E-state index contributed by atoms with van der Waals surface area (Å²) in [6, 6.07) is 2.40. The van der Waals surface area contributed by atoms with E-state index in [2.05, 4.69) is 5.32 Å². The minimum Gasteiger partial charge on any atom is -0.481 e. The van der Waals surface area contributed by atoms with E-state index in [-0.39, 0.29) is 24.4 Å². The second-order valence-electron chi connectivity index (χ2n) is 5.29. The van der Waals surface area contributed by atoms with Crippen LogP contribution < -0.4 is 5.32 Å². The Balaban J connectivity index is 2.32. The van der Waals surface area contributed by atoms with Crippen LogP contribution in [0.1, 0.15) is 43.4 Å². The highest BCUT2D eigenvalue weighted by Gasteiger charge is 2.32. The fourth-order valence-corrected chi connectivity index (χ4v) is 2.38. The van der Waals surface area contributed by atoms with Crippen molar-refractivity contribution in [2.75, 3.05) is 6.54 Å². The van der Waals surface area contributed by atoms with E-state index in [9.17, 15) is 13.6 Å². The first-order chi connectivity index (χ1) is 8.90. The molecule has 1 heterocycles. The van der Waals surface area contributed by atoms with Gasteiger partial charge in [-0.2, -0.15) is 0 Å². The third-order valence-electron chi connectivity index (χ3n) is 3.60. The van der Waals surface area contributed by atoms with Crippen LogP contribution in [0.25, 0.3) is 0 Å². The third-order valence-corrected chi connectivity index (χ3v) is 3.60. The second-order valence-corrected chi connectivity index (χ2v) is 5.29. The van der Waals surface area contributed by atoms with Gasteiger partial charge in [-0.25, -0.2) is 8.78 Å². The molecule has 2 unspecified atom stereocenters. The molecule has 5 heteroatoms. The van der Waals surface area contributed by atoms with Crippen LogP contribution >= 0.6 is 0 Å². The third kappa shape index (κ3) is 2.76. The number of nitrogens with one attached hydrogen (secondary N) is 1. The van der Waals surface area contributed by atoms with Gasteiger partial charge in [0.1, 0.15) is 0 Å². The normalized spacial score (nSPS) is 23.0. The van der Waals surface area contributed by atoms with Crippen molar-refractivity contribution in [3.63, 3.8) is 0 Å². The smallest absolute Gasteiger partial charge is 0.307 e. The van der Waals surface area contributed by atoms with Crippen molar-refractivity contribution >= 4 is 5.97 Å². The summed E-state index contributed by atoms with van der Waals surface area (Å²) < 4.78 is 27.5. The number of benzene rings is 1. The van der Waals surface area contributed by atoms with Gasteiger partial charge in [-0.3, -0.25) is 4.79 Å². The molecule has 2 rings (SSSR count). The zero-order valence-electron chi connectivity index (χ0n) is 10.9. The quantitative estimate of drug-likeness (QED) is 0.887. The van der Waals surface area contributed by atoms with E-state index >= 15 is 0 Å². The first-order valence-electron chi connectivity index (χ1n) is 6.35. The van der Waals surface area contributed by atoms with Crippen molar-refractivity contribution in [2.24, 2.45) is 5.92 Å². The van der Waals surface area contributed by atoms with E-state index in [0.29, 0.717) is 0 Å². The Hall–Kier alpha value is -1.49. The molecule has 0 saturated carbocycles. The van der Waals surface area contributed by atoms with Crippen LogP contribution in [0.4, 0.5) is 8.78 Å². The van der Waals surface area contributed by atoms with Crippen LogP contribution in [-0.4, -0.2) is 17.6 Å². The number of aliphatic carboxylic acids is 1. The summed E-state index contributed by atoms with van der Waals surface area (Å²) in [6.45, 7) is 4.09. The van der Waals surface area contributed by atoms with Crippen LogP contribution in [0.5, 0.6) is 0 Å². The number of rotatable bonds is 3. The molecule has 2 atom stereocenters. The summed E-state index contributed by atoms with van der Waals surface area (Å²) in [5.74, 6) is -3.12. The molecule has 3 nitrogen and oxygen atoms in total. The van der Waals surface area contributed by atoms with E-state index in [1.165, 1.54) is 6.07 Å². The van der Waals surface area contributed by atoms with Crippen LogP contribution in [0, 0.1) is 17.6 Å². The highest BCUT2D eigenvalue weighted by atomic mass is 19.2. The van der Waals surface area contributed by atoms with Crippen LogP contribution in [0.3, 0.4) is 0 Å². The largest absolute Gasteiger partial charge is 0.481 e. The van der Waals surface area contributed by atoms with Crippen molar-refractivity contribution in [1.82, 2.24) is 5.32 Å². The van der Waals surface area contributed by atoms with Crippen LogP contribution in [-0.2, 0) is 4.79 Å². The van der Waals surface area contributed by atoms with E-state index in [1.807, 2.05) is 13.8 Å². The number of hydrogen-bond donors (Lipinski definition) is 2. The first-order valence-corrected chi connectivity index (χ1v) is 6.35. The van der Waals surface area contributed by atoms with Gasteiger partial charge in [0.25, 0.3) is 0 Å². The number of hydrogen-bond acceptors (Lipinski definition) is 2. The molecule has 2 N–H and O–H groups in total. The molecule has 1 aliphatic rings. The fraction of sp³-hybridized carbons (Fsp3) is 0.500. The molecule has 104 valence electrons. The maximum absolute atomic E-state index is 13.9.